The van der Waals surface area contributed by atoms with Crippen LogP contribution in [0.5, 0.6) is 0 Å². The van der Waals surface area contributed by atoms with Gasteiger partial charge in [0.2, 0.25) is 0 Å². The van der Waals surface area contributed by atoms with Crippen molar-refractivity contribution >= 4 is 10.2 Å². The van der Waals surface area contributed by atoms with Crippen molar-refractivity contribution in [3.8, 4) is 0 Å². The van der Waals surface area contributed by atoms with Crippen molar-refractivity contribution in [3.63, 3.8) is 0 Å². The van der Waals surface area contributed by atoms with Crippen molar-refractivity contribution in [3.05, 3.63) is 35.5 Å². The van der Waals surface area contributed by atoms with E-state index in [0.29, 0.717) is 28.8 Å². The summed E-state index contributed by atoms with van der Waals surface area (Å²) in [6, 6.07) is 1.37. The van der Waals surface area contributed by atoms with Gasteiger partial charge in [-0.2, -0.15) is 0 Å². The lowest BCUT2D eigenvalue weighted by Gasteiger charge is -2.55. The Labute approximate surface area is 208 Å². The Kier molecular flexibility index (Phi) is 7.86. The zero-order valence-corrected chi connectivity index (χ0v) is 24.8. The van der Waals surface area contributed by atoms with Crippen molar-refractivity contribution in [2.45, 2.75) is 105 Å². The molecule has 4 aliphatic carbocycles. The summed E-state index contributed by atoms with van der Waals surface area (Å²) < 4.78 is 6.29. The average Bonchev–Trinajstić information content (AvgIpc) is 3.14. The van der Waals surface area contributed by atoms with Crippen LogP contribution in [-0.2, 0) is 4.74 Å². The molecule has 186 valence electrons. The van der Waals surface area contributed by atoms with E-state index in [1.807, 2.05) is 5.57 Å². The largest absolute Gasteiger partial charge is 0.378 e. The molecule has 1 nitrogen and oxygen atoms in total. The second kappa shape index (κ2) is 10.2. The summed E-state index contributed by atoms with van der Waals surface area (Å²) in [4.78, 5) is 0. The van der Waals surface area contributed by atoms with E-state index in [4.69, 9.17) is 4.74 Å². The topological polar surface area (TPSA) is 9.23 Å². The molecule has 0 aromatic rings. The minimum absolute atomic E-state index is 0.388. The lowest BCUT2D eigenvalue weighted by atomic mass is 9.50. The van der Waals surface area contributed by atoms with E-state index >= 15 is 0 Å². The average molecular weight is 469 g/mol. The van der Waals surface area contributed by atoms with Gasteiger partial charge in [-0.05, 0) is 97.7 Å². The fourth-order valence-corrected chi connectivity index (χ4v) is 8.41. The number of allylic oxidation sites excluding steroid dienone is 5. The minimum Gasteiger partial charge on any atom is -0.378 e. The molecule has 2 heteroatoms. The first kappa shape index (κ1) is 25.5. The first-order chi connectivity index (χ1) is 15.7. The van der Waals surface area contributed by atoms with Crippen LogP contribution in [0.4, 0.5) is 0 Å². The molecule has 0 aliphatic heterocycles. The summed E-state index contributed by atoms with van der Waals surface area (Å²) in [5.41, 5.74) is 4.41. The molecule has 33 heavy (non-hydrogen) atoms. The van der Waals surface area contributed by atoms with Crippen molar-refractivity contribution in [2.24, 2.45) is 46.3 Å². The summed E-state index contributed by atoms with van der Waals surface area (Å²) in [6.45, 7) is 15.8. The summed E-state index contributed by atoms with van der Waals surface area (Å²) >= 11 is 0. The maximum Gasteiger partial charge on any atom is 0.0612 e. The third-order valence-electron chi connectivity index (χ3n) is 10.9. The maximum absolute atomic E-state index is 6.29. The zero-order chi connectivity index (χ0) is 23.8. The van der Waals surface area contributed by atoms with Crippen LogP contribution in [0, 0.1) is 46.3 Å². The Morgan fingerprint density at radius 3 is 2.52 bits per heavy atom. The molecule has 0 amide bonds. The minimum atomic E-state index is 0.388. The van der Waals surface area contributed by atoms with Crippen LogP contribution in [-0.4, -0.2) is 23.0 Å². The predicted molar refractivity (Wildman–Crippen MR) is 147 cm³/mol. The van der Waals surface area contributed by atoms with E-state index in [2.05, 4.69) is 65.8 Å². The fraction of sp³-hybridized carbons (Fsp3) is 0.806. The van der Waals surface area contributed by atoms with E-state index in [0.717, 1.165) is 30.3 Å². The quantitative estimate of drug-likeness (QED) is 0.203. The van der Waals surface area contributed by atoms with Crippen LogP contribution in [0.3, 0.4) is 0 Å². The Bertz CT molecular complexity index is 778. The first-order valence-corrected chi connectivity index (χ1v) is 15.8. The van der Waals surface area contributed by atoms with Gasteiger partial charge in [-0.15, -0.1) is 0 Å². The van der Waals surface area contributed by atoms with Gasteiger partial charge in [0.15, 0.2) is 0 Å². The molecule has 0 N–H and O–H groups in total. The number of hydrogen-bond donors (Lipinski definition) is 0. The molecule has 0 heterocycles. The first-order valence-electron chi connectivity index (χ1n) is 14.4. The molecule has 0 unspecified atom stereocenters. The molecule has 4 aliphatic rings. The van der Waals surface area contributed by atoms with Crippen LogP contribution in [0.25, 0.3) is 0 Å². The summed E-state index contributed by atoms with van der Waals surface area (Å²) in [5, 5.41) is 0. The van der Waals surface area contributed by atoms with Crippen molar-refractivity contribution in [1.29, 1.82) is 0 Å². The smallest absolute Gasteiger partial charge is 0.0612 e. The summed E-state index contributed by atoms with van der Waals surface area (Å²) in [5.74, 6) is 4.53. The van der Waals surface area contributed by atoms with Gasteiger partial charge in [-0.3, -0.25) is 0 Å². The molecule has 3 saturated carbocycles. The van der Waals surface area contributed by atoms with Gasteiger partial charge in [-0.1, -0.05) is 83.0 Å². The second-order valence-corrected chi connectivity index (χ2v) is 14.0. The Hall–Kier alpha value is -0.603. The van der Waals surface area contributed by atoms with Crippen molar-refractivity contribution in [2.75, 3.05) is 6.61 Å². The van der Waals surface area contributed by atoms with Crippen LogP contribution in [0.1, 0.15) is 92.9 Å². The Morgan fingerprint density at radius 2 is 1.79 bits per heavy atom. The predicted octanol–water partition coefficient (Wildman–Crippen LogP) is 7.53. The third kappa shape index (κ3) is 4.77. The second-order valence-electron chi connectivity index (χ2n) is 13.0. The zero-order valence-electron chi connectivity index (χ0n) is 22.8. The highest BCUT2D eigenvalue weighted by Crippen LogP contribution is 2.66. The molecule has 0 aromatic carbocycles. The standard InChI is InChI=1S/C31H52OSi/c1-21(2)22(3)8-9-23(4)27-12-13-28-26-11-10-24-20-25(32-18-7-19-33)14-16-30(24,5)29(26)15-17-31(27,28)6/h8-11,21-23,25,27-29H,7,12-20H2,1-6,33H3/b9-8+/t22-,23+,25-,27+,28-,29-,30-,31+/m0/s1. The number of ether oxygens (including phenoxy) is 1. The Balaban J connectivity index is 1.50. The molecule has 0 bridgehead atoms. The number of rotatable bonds is 8. The summed E-state index contributed by atoms with van der Waals surface area (Å²) in [7, 11) is 1.31. The molecule has 4 rings (SSSR count). The molecule has 0 saturated heterocycles. The van der Waals surface area contributed by atoms with Gasteiger partial charge in [0, 0.05) is 16.8 Å². The van der Waals surface area contributed by atoms with Gasteiger partial charge in [0.05, 0.1) is 6.10 Å². The van der Waals surface area contributed by atoms with Gasteiger partial charge in [0.1, 0.15) is 0 Å². The lowest BCUT2D eigenvalue weighted by Crippen LogP contribution is -2.46. The Morgan fingerprint density at radius 1 is 1.00 bits per heavy atom. The van der Waals surface area contributed by atoms with Crippen LogP contribution < -0.4 is 0 Å². The maximum atomic E-state index is 6.29. The molecule has 8 atom stereocenters. The van der Waals surface area contributed by atoms with E-state index in [1.165, 1.54) is 67.7 Å². The van der Waals surface area contributed by atoms with Crippen LogP contribution in [0.15, 0.2) is 35.5 Å². The molecule has 0 radical (unpaired) electrons. The molecule has 0 aromatic heterocycles. The van der Waals surface area contributed by atoms with Crippen molar-refractivity contribution < 1.29 is 4.74 Å². The normalized spacial score (nSPS) is 40.2. The monoisotopic (exact) mass is 468 g/mol. The molecule has 0 spiro atoms. The number of fused-ring (bicyclic) bond motifs is 5. The van der Waals surface area contributed by atoms with Gasteiger partial charge in [0.25, 0.3) is 0 Å². The van der Waals surface area contributed by atoms with Gasteiger partial charge < -0.3 is 4.74 Å². The SMILES string of the molecule is CC(C)[C@@H](C)/C=C/[C@@H](C)[C@H]1CC[C@H]2C3=CC=C4C[C@@H](OCCC[SiH3])CC[C@]4(C)[C@H]3CC[C@]12C. The molecular formula is C31H52OSi. The van der Waals surface area contributed by atoms with Gasteiger partial charge in [-0.25, -0.2) is 0 Å². The van der Waals surface area contributed by atoms with Crippen molar-refractivity contribution in [1.82, 2.24) is 0 Å². The van der Waals surface area contributed by atoms with E-state index < -0.39 is 0 Å². The van der Waals surface area contributed by atoms with Crippen LogP contribution >= 0.6 is 0 Å². The molecule has 3 fully saturated rings. The van der Waals surface area contributed by atoms with Gasteiger partial charge >= 0.3 is 0 Å². The highest BCUT2D eigenvalue weighted by Gasteiger charge is 2.56. The lowest BCUT2D eigenvalue weighted by molar-refractivity contribution is 0.00194. The highest BCUT2D eigenvalue weighted by molar-refractivity contribution is 6.08. The summed E-state index contributed by atoms with van der Waals surface area (Å²) in [6.07, 6.45) is 21.4. The molecular weight excluding hydrogens is 416 g/mol. The van der Waals surface area contributed by atoms with E-state index in [1.54, 1.807) is 5.57 Å². The van der Waals surface area contributed by atoms with E-state index in [9.17, 15) is 0 Å². The third-order valence-corrected chi connectivity index (χ3v) is 11.6. The highest BCUT2D eigenvalue weighted by atomic mass is 28.1. The fourth-order valence-electron chi connectivity index (χ4n) is 8.12. The van der Waals surface area contributed by atoms with E-state index in [-0.39, 0.29) is 0 Å². The number of hydrogen-bond acceptors (Lipinski definition) is 1. The van der Waals surface area contributed by atoms with Crippen LogP contribution in [0.2, 0.25) is 6.04 Å².